The standard InChI is InChI=1S/C13H19N3O/c1-15(2)13(17)11-5-3-4-6-12(11)16-9-7-14-8-10-16/h3-6,14H,7-10H2,1-2H3. The lowest BCUT2D eigenvalue weighted by molar-refractivity contribution is 0.0828. The SMILES string of the molecule is CN(C)C(=O)c1ccccc1N1CCNCC1. The van der Waals surface area contributed by atoms with E-state index in [1.165, 1.54) is 0 Å². The Labute approximate surface area is 102 Å². The van der Waals surface area contributed by atoms with Gasteiger partial charge in [0.1, 0.15) is 0 Å². The number of anilines is 1. The summed E-state index contributed by atoms with van der Waals surface area (Å²) in [6.07, 6.45) is 0. The minimum absolute atomic E-state index is 0.0686. The Bertz CT molecular complexity index is 397. The van der Waals surface area contributed by atoms with Gasteiger partial charge in [-0.3, -0.25) is 4.79 Å². The van der Waals surface area contributed by atoms with E-state index >= 15 is 0 Å². The molecule has 4 nitrogen and oxygen atoms in total. The molecule has 0 bridgehead atoms. The molecule has 1 amide bonds. The number of para-hydroxylation sites is 1. The van der Waals surface area contributed by atoms with Gasteiger partial charge in [-0.05, 0) is 12.1 Å². The van der Waals surface area contributed by atoms with Crippen LogP contribution in [0.4, 0.5) is 5.69 Å². The number of carbonyl (C=O) groups excluding carboxylic acids is 1. The van der Waals surface area contributed by atoms with Crippen molar-refractivity contribution in [2.45, 2.75) is 0 Å². The summed E-state index contributed by atoms with van der Waals surface area (Å²) in [6.45, 7) is 3.87. The molecule has 0 radical (unpaired) electrons. The number of carbonyl (C=O) groups is 1. The molecule has 1 aliphatic rings. The highest BCUT2D eigenvalue weighted by Crippen LogP contribution is 2.21. The van der Waals surface area contributed by atoms with Crippen LogP contribution in [-0.4, -0.2) is 51.1 Å². The van der Waals surface area contributed by atoms with Gasteiger partial charge in [0.05, 0.1) is 5.56 Å². The maximum atomic E-state index is 12.1. The lowest BCUT2D eigenvalue weighted by atomic mass is 10.1. The monoisotopic (exact) mass is 233 g/mol. The highest BCUT2D eigenvalue weighted by Gasteiger charge is 2.18. The molecular weight excluding hydrogens is 214 g/mol. The highest BCUT2D eigenvalue weighted by atomic mass is 16.2. The molecule has 4 heteroatoms. The number of benzene rings is 1. The van der Waals surface area contributed by atoms with Crippen LogP contribution >= 0.6 is 0 Å². The van der Waals surface area contributed by atoms with Gasteiger partial charge in [0.15, 0.2) is 0 Å². The first kappa shape index (κ1) is 11.9. The van der Waals surface area contributed by atoms with E-state index in [2.05, 4.69) is 10.2 Å². The predicted molar refractivity (Wildman–Crippen MR) is 69.5 cm³/mol. The largest absolute Gasteiger partial charge is 0.368 e. The summed E-state index contributed by atoms with van der Waals surface area (Å²) in [5, 5.41) is 3.32. The second-order valence-electron chi connectivity index (χ2n) is 4.45. The molecule has 0 unspecified atom stereocenters. The molecule has 1 N–H and O–H groups in total. The number of nitrogens with zero attached hydrogens (tertiary/aromatic N) is 2. The second kappa shape index (κ2) is 5.19. The van der Waals surface area contributed by atoms with Crippen molar-refractivity contribution in [3.63, 3.8) is 0 Å². The molecule has 0 aromatic heterocycles. The molecule has 1 aromatic rings. The molecule has 1 aliphatic heterocycles. The van der Waals surface area contributed by atoms with Crippen molar-refractivity contribution in [3.8, 4) is 0 Å². The van der Waals surface area contributed by atoms with E-state index in [0.29, 0.717) is 0 Å². The Balaban J connectivity index is 2.29. The van der Waals surface area contributed by atoms with Crippen LogP contribution < -0.4 is 10.2 Å². The Hall–Kier alpha value is -1.55. The normalized spacial score (nSPS) is 15.8. The zero-order valence-corrected chi connectivity index (χ0v) is 10.4. The van der Waals surface area contributed by atoms with Crippen LogP contribution in [0.5, 0.6) is 0 Å². The second-order valence-corrected chi connectivity index (χ2v) is 4.45. The van der Waals surface area contributed by atoms with Crippen LogP contribution in [0, 0.1) is 0 Å². The van der Waals surface area contributed by atoms with Crippen LogP contribution in [0.25, 0.3) is 0 Å². The number of hydrogen-bond acceptors (Lipinski definition) is 3. The Morgan fingerprint density at radius 3 is 2.53 bits per heavy atom. The lowest BCUT2D eigenvalue weighted by Crippen LogP contribution is -2.44. The Morgan fingerprint density at radius 1 is 1.24 bits per heavy atom. The highest BCUT2D eigenvalue weighted by molar-refractivity contribution is 5.99. The summed E-state index contributed by atoms with van der Waals surface area (Å²) >= 11 is 0. The molecule has 17 heavy (non-hydrogen) atoms. The summed E-state index contributed by atoms with van der Waals surface area (Å²) in [5.41, 5.74) is 1.84. The first-order chi connectivity index (χ1) is 8.20. The van der Waals surface area contributed by atoms with E-state index < -0.39 is 0 Å². The fourth-order valence-corrected chi connectivity index (χ4v) is 2.08. The number of rotatable bonds is 2. The van der Waals surface area contributed by atoms with Gasteiger partial charge < -0.3 is 15.1 Å². The van der Waals surface area contributed by atoms with Crippen LogP contribution in [0.15, 0.2) is 24.3 Å². The number of amides is 1. The molecule has 1 aromatic carbocycles. The maximum absolute atomic E-state index is 12.1. The molecule has 1 fully saturated rings. The maximum Gasteiger partial charge on any atom is 0.255 e. The molecule has 1 heterocycles. The van der Waals surface area contributed by atoms with Gasteiger partial charge in [0.25, 0.3) is 5.91 Å². The molecule has 1 saturated heterocycles. The summed E-state index contributed by atoms with van der Waals surface area (Å²) < 4.78 is 0. The van der Waals surface area contributed by atoms with Gasteiger partial charge in [-0.15, -0.1) is 0 Å². The smallest absolute Gasteiger partial charge is 0.255 e. The number of hydrogen-bond donors (Lipinski definition) is 1. The Kier molecular flexibility index (Phi) is 3.64. The van der Waals surface area contributed by atoms with Gasteiger partial charge >= 0.3 is 0 Å². The predicted octanol–water partition coefficient (Wildman–Crippen LogP) is 0.798. The summed E-state index contributed by atoms with van der Waals surface area (Å²) in [6, 6.07) is 7.84. The lowest BCUT2D eigenvalue weighted by Gasteiger charge is -2.31. The minimum Gasteiger partial charge on any atom is -0.368 e. The fraction of sp³-hybridized carbons (Fsp3) is 0.462. The third-order valence-electron chi connectivity index (χ3n) is 3.00. The zero-order valence-electron chi connectivity index (χ0n) is 10.4. The van der Waals surface area contributed by atoms with Gasteiger partial charge in [-0.1, -0.05) is 12.1 Å². The van der Waals surface area contributed by atoms with Crippen molar-refractivity contribution < 1.29 is 4.79 Å². The van der Waals surface area contributed by atoms with Crippen molar-refractivity contribution in [2.75, 3.05) is 45.2 Å². The van der Waals surface area contributed by atoms with E-state index in [0.717, 1.165) is 37.4 Å². The van der Waals surface area contributed by atoms with E-state index in [4.69, 9.17) is 0 Å². The van der Waals surface area contributed by atoms with E-state index in [1.54, 1.807) is 19.0 Å². The van der Waals surface area contributed by atoms with Crippen LogP contribution in [0.2, 0.25) is 0 Å². The third kappa shape index (κ3) is 2.58. The average Bonchev–Trinajstić information content (AvgIpc) is 2.39. The molecule has 0 saturated carbocycles. The summed E-state index contributed by atoms with van der Waals surface area (Å²) in [7, 11) is 3.58. The van der Waals surface area contributed by atoms with Gasteiger partial charge in [0, 0.05) is 46.0 Å². The first-order valence-corrected chi connectivity index (χ1v) is 5.96. The molecular formula is C13H19N3O. The summed E-state index contributed by atoms with van der Waals surface area (Å²) in [5.74, 6) is 0.0686. The van der Waals surface area contributed by atoms with Crippen LogP contribution in [-0.2, 0) is 0 Å². The van der Waals surface area contributed by atoms with E-state index in [9.17, 15) is 4.79 Å². The van der Waals surface area contributed by atoms with Crippen LogP contribution in [0.3, 0.4) is 0 Å². The van der Waals surface area contributed by atoms with Gasteiger partial charge in [0.2, 0.25) is 0 Å². The molecule has 2 rings (SSSR count). The van der Waals surface area contributed by atoms with Gasteiger partial charge in [-0.25, -0.2) is 0 Å². The quantitative estimate of drug-likeness (QED) is 0.820. The number of piperazine rings is 1. The van der Waals surface area contributed by atoms with Gasteiger partial charge in [-0.2, -0.15) is 0 Å². The van der Waals surface area contributed by atoms with Crippen molar-refractivity contribution in [1.29, 1.82) is 0 Å². The van der Waals surface area contributed by atoms with Crippen molar-refractivity contribution in [1.82, 2.24) is 10.2 Å². The molecule has 92 valence electrons. The van der Waals surface area contributed by atoms with Crippen LogP contribution in [0.1, 0.15) is 10.4 Å². The van der Waals surface area contributed by atoms with E-state index in [-0.39, 0.29) is 5.91 Å². The number of nitrogens with one attached hydrogen (secondary N) is 1. The molecule has 0 spiro atoms. The van der Waals surface area contributed by atoms with E-state index in [1.807, 2.05) is 24.3 Å². The molecule has 0 atom stereocenters. The Morgan fingerprint density at radius 2 is 1.88 bits per heavy atom. The zero-order chi connectivity index (χ0) is 12.3. The fourth-order valence-electron chi connectivity index (χ4n) is 2.08. The van der Waals surface area contributed by atoms with Crippen molar-refractivity contribution in [3.05, 3.63) is 29.8 Å². The van der Waals surface area contributed by atoms with Crippen molar-refractivity contribution >= 4 is 11.6 Å². The minimum atomic E-state index is 0.0686. The topological polar surface area (TPSA) is 35.6 Å². The third-order valence-corrected chi connectivity index (χ3v) is 3.00. The van der Waals surface area contributed by atoms with Crippen molar-refractivity contribution in [2.24, 2.45) is 0 Å². The average molecular weight is 233 g/mol. The first-order valence-electron chi connectivity index (χ1n) is 5.96. The molecule has 0 aliphatic carbocycles. The summed E-state index contributed by atoms with van der Waals surface area (Å²) in [4.78, 5) is 16.0.